The van der Waals surface area contributed by atoms with Crippen LogP contribution in [-0.2, 0) is 11.2 Å². The molecule has 0 aromatic heterocycles. The van der Waals surface area contributed by atoms with Crippen molar-refractivity contribution >= 4 is 29.9 Å². The molecule has 1 aromatic carbocycles. The van der Waals surface area contributed by atoms with Crippen molar-refractivity contribution in [2.45, 2.75) is 58.9 Å². The van der Waals surface area contributed by atoms with E-state index in [1.807, 2.05) is 0 Å². The van der Waals surface area contributed by atoms with Gasteiger partial charge in [-0.25, -0.2) is 0 Å². The summed E-state index contributed by atoms with van der Waals surface area (Å²) in [5, 5.41) is 6.95. The van der Waals surface area contributed by atoms with Gasteiger partial charge < -0.3 is 15.4 Å². The maximum absolute atomic E-state index is 5.52. The molecule has 4 nitrogen and oxygen atoms in total. The molecule has 1 aliphatic rings. The maximum Gasteiger partial charge on any atom is 0.191 e. The number of hydrogen-bond acceptors (Lipinski definition) is 2. The molecule has 5 heteroatoms. The standard InChI is InChI=1S/C21H35N3O.HI/c1-4-22-20(23-17-21(13-14-21)15-16-25-5-2)24-18(3)11-12-19-9-7-6-8-10-19;/h6-10,18H,4-5,11-17H2,1-3H3,(H2,22,23,24);1H. The lowest BCUT2D eigenvalue weighted by atomic mass is 10.0. The topological polar surface area (TPSA) is 45.7 Å². The number of hydrogen-bond donors (Lipinski definition) is 2. The summed E-state index contributed by atoms with van der Waals surface area (Å²) in [6.07, 6.45) is 5.89. The third-order valence-electron chi connectivity index (χ3n) is 4.95. The van der Waals surface area contributed by atoms with E-state index in [0.29, 0.717) is 11.5 Å². The third-order valence-corrected chi connectivity index (χ3v) is 4.95. The second-order valence-corrected chi connectivity index (χ2v) is 7.21. The zero-order chi connectivity index (χ0) is 18.0. The number of rotatable bonds is 11. The van der Waals surface area contributed by atoms with Crippen LogP contribution in [0.2, 0.25) is 0 Å². The second-order valence-electron chi connectivity index (χ2n) is 7.21. The smallest absolute Gasteiger partial charge is 0.191 e. The van der Waals surface area contributed by atoms with Crippen LogP contribution in [-0.4, -0.2) is 38.3 Å². The van der Waals surface area contributed by atoms with E-state index in [1.165, 1.54) is 18.4 Å². The Labute approximate surface area is 176 Å². The highest BCUT2D eigenvalue weighted by molar-refractivity contribution is 14.0. The molecule has 1 aliphatic carbocycles. The lowest BCUT2D eigenvalue weighted by molar-refractivity contribution is 0.129. The molecule has 2 rings (SSSR count). The molecule has 0 radical (unpaired) electrons. The molecule has 26 heavy (non-hydrogen) atoms. The van der Waals surface area contributed by atoms with E-state index < -0.39 is 0 Å². The quantitative estimate of drug-likeness (QED) is 0.217. The van der Waals surface area contributed by atoms with E-state index in [1.54, 1.807) is 0 Å². The minimum Gasteiger partial charge on any atom is -0.382 e. The van der Waals surface area contributed by atoms with Crippen molar-refractivity contribution in [1.29, 1.82) is 0 Å². The fourth-order valence-electron chi connectivity index (χ4n) is 3.00. The Bertz CT molecular complexity index is 517. The average molecular weight is 473 g/mol. The number of nitrogens with one attached hydrogen (secondary N) is 2. The van der Waals surface area contributed by atoms with Gasteiger partial charge in [-0.1, -0.05) is 30.3 Å². The monoisotopic (exact) mass is 473 g/mol. The van der Waals surface area contributed by atoms with Crippen LogP contribution in [0.4, 0.5) is 0 Å². The van der Waals surface area contributed by atoms with Crippen LogP contribution < -0.4 is 10.6 Å². The zero-order valence-electron chi connectivity index (χ0n) is 16.6. The SMILES string of the molecule is CCNC(=NCC1(CCOCC)CC1)NC(C)CCc1ccccc1.I. The predicted octanol–water partition coefficient (Wildman–Crippen LogP) is 4.39. The van der Waals surface area contributed by atoms with Gasteiger partial charge >= 0.3 is 0 Å². The van der Waals surface area contributed by atoms with Crippen molar-refractivity contribution in [3.8, 4) is 0 Å². The van der Waals surface area contributed by atoms with Crippen molar-refractivity contribution in [3.05, 3.63) is 35.9 Å². The molecule has 1 atom stereocenters. The molecule has 0 spiro atoms. The third kappa shape index (κ3) is 8.71. The van der Waals surface area contributed by atoms with Gasteiger partial charge in [0.1, 0.15) is 0 Å². The van der Waals surface area contributed by atoms with Crippen LogP contribution in [0.5, 0.6) is 0 Å². The summed E-state index contributed by atoms with van der Waals surface area (Å²) in [5.74, 6) is 0.950. The van der Waals surface area contributed by atoms with Crippen molar-refractivity contribution in [2.24, 2.45) is 10.4 Å². The van der Waals surface area contributed by atoms with Crippen LogP contribution in [0.15, 0.2) is 35.3 Å². The van der Waals surface area contributed by atoms with Crippen LogP contribution in [0.1, 0.15) is 52.0 Å². The largest absolute Gasteiger partial charge is 0.382 e. The molecule has 2 N–H and O–H groups in total. The van der Waals surface area contributed by atoms with Gasteiger partial charge in [0, 0.05) is 32.3 Å². The number of benzene rings is 1. The van der Waals surface area contributed by atoms with Crippen LogP contribution in [0.3, 0.4) is 0 Å². The predicted molar refractivity (Wildman–Crippen MR) is 122 cm³/mol. The normalized spacial score (nSPS) is 16.5. The summed E-state index contributed by atoms with van der Waals surface area (Å²) < 4.78 is 5.52. The lowest BCUT2D eigenvalue weighted by Gasteiger charge is -2.19. The fourth-order valence-corrected chi connectivity index (χ4v) is 3.00. The van der Waals surface area contributed by atoms with E-state index in [-0.39, 0.29) is 24.0 Å². The first-order valence-corrected chi connectivity index (χ1v) is 9.84. The number of aryl methyl sites for hydroxylation is 1. The van der Waals surface area contributed by atoms with Gasteiger partial charge in [-0.2, -0.15) is 0 Å². The molecule has 0 bridgehead atoms. The number of ether oxygens (including phenoxy) is 1. The molecule has 1 aromatic rings. The van der Waals surface area contributed by atoms with E-state index in [4.69, 9.17) is 9.73 Å². The van der Waals surface area contributed by atoms with E-state index in [2.05, 4.69) is 61.7 Å². The highest BCUT2D eigenvalue weighted by Gasteiger charge is 2.41. The van der Waals surface area contributed by atoms with Gasteiger partial charge in [0.15, 0.2) is 5.96 Å². The summed E-state index contributed by atoms with van der Waals surface area (Å²) >= 11 is 0. The first-order chi connectivity index (χ1) is 12.2. The van der Waals surface area contributed by atoms with Crippen LogP contribution in [0.25, 0.3) is 0 Å². The number of aliphatic imine (C=N–C) groups is 1. The Balaban J connectivity index is 0.00000338. The molecular weight excluding hydrogens is 437 g/mol. The van der Waals surface area contributed by atoms with E-state index in [9.17, 15) is 0 Å². The Kier molecular flexibility index (Phi) is 11.2. The highest BCUT2D eigenvalue weighted by Crippen LogP contribution is 2.48. The summed E-state index contributed by atoms with van der Waals surface area (Å²) in [6, 6.07) is 11.1. The Morgan fingerprint density at radius 2 is 1.96 bits per heavy atom. The maximum atomic E-state index is 5.52. The summed E-state index contributed by atoms with van der Waals surface area (Å²) in [6.45, 7) is 9.88. The van der Waals surface area contributed by atoms with Gasteiger partial charge in [0.25, 0.3) is 0 Å². The van der Waals surface area contributed by atoms with Gasteiger partial charge in [0.05, 0.1) is 0 Å². The molecule has 148 valence electrons. The van der Waals surface area contributed by atoms with Gasteiger partial charge in [-0.15, -0.1) is 24.0 Å². The molecule has 0 heterocycles. The summed E-state index contributed by atoms with van der Waals surface area (Å²) in [4.78, 5) is 4.86. The minimum atomic E-state index is 0. The molecular formula is C21H36IN3O. The molecule has 1 fully saturated rings. The number of guanidine groups is 1. The highest BCUT2D eigenvalue weighted by atomic mass is 127. The first-order valence-electron chi connectivity index (χ1n) is 9.84. The Morgan fingerprint density at radius 1 is 1.23 bits per heavy atom. The van der Waals surface area contributed by atoms with E-state index in [0.717, 1.165) is 51.5 Å². The summed E-state index contributed by atoms with van der Waals surface area (Å²) in [5.41, 5.74) is 1.79. The van der Waals surface area contributed by atoms with Crippen molar-refractivity contribution in [1.82, 2.24) is 10.6 Å². The number of nitrogens with zero attached hydrogens (tertiary/aromatic N) is 1. The van der Waals surface area contributed by atoms with Gasteiger partial charge in [-0.05, 0) is 63.9 Å². The molecule has 1 saturated carbocycles. The van der Waals surface area contributed by atoms with E-state index >= 15 is 0 Å². The fraction of sp³-hybridized carbons (Fsp3) is 0.667. The van der Waals surface area contributed by atoms with Crippen molar-refractivity contribution < 1.29 is 4.74 Å². The Morgan fingerprint density at radius 3 is 2.58 bits per heavy atom. The minimum absolute atomic E-state index is 0. The Hall–Kier alpha value is -0.820. The average Bonchev–Trinajstić information content (AvgIpc) is 3.39. The summed E-state index contributed by atoms with van der Waals surface area (Å²) in [7, 11) is 0. The number of halogens is 1. The van der Waals surface area contributed by atoms with Crippen molar-refractivity contribution in [3.63, 3.8) is 0 Å². The molecule has 1 unspecified atom stereocenters. The van der Waals surface area contributed by atoms with Gasteiger partial charge in [0.2, 0.25) is 0 Å². The lowest BCUT2D eigenvalue weighted by Crippen LogP contribution is -2.42. The van der Waals surface area contributed by atoms with Crippen LogP contribution >= 0.6 is 24.0 Å². The molecule has 0 amide bonds. The van der Waals surface area contributed by atoms with Gasteiger partial charge in [-0.3, -0.25) is 4.99 Å². The molecule has 0 aliphatic heterocycles. The zero-order valence-corrected chi connectivity index (χ0v) is 18.9. The molecule has 0 saturated heterocycles. The van der Waals surface area contributed by atoms with Crippen molar-refractivity contribution in [2.75, 3.05) is 26.3 Å². The van der Waals surface area contributed by atoms with Crippen LogP contribution in [0, 0.1) is 5.41 Å². The first kappa shape index (κ1) is 23.2. The second kappa shape index (κ2) is 12.5.